The molecule has 0 saturated carbocycles. The maximum atomic E-state index is 5.39. The first-order valence-corrected chi connectivity index (χ1v) is 5.84. The Morgan fingerprint density at radius 1 is 0.882 bits per heavy atom. The van der Waals surface area contributed by atoms with Gasteiger partial charge in [0.2, 0.25) is 0 Å². The molecule has 0 N–H and O–H groups in total. The molecule has 0 aromatic heterocycles. The third kappa shape index (κ3) is 2.33. The molecule has 2 rings (SSSR count). The second-order valence-electron chi connectivity index (χ2n) is 4.51. The van der Waals surface area contributed by atoms with Crippen LogP contribution in [0.5, 0.6) is 5.75 Å². The van der Waals surface area contributed by atoms with Crippen LogP contribution >= 0.6 is 0 Å². The molecule has 1 heteroatoms. The number of rotatable bonds is 2. The van der Waals surface area contributed by atoms with Crippen molar-refractivity contribution in [3.05, 3.63) is 53.1 Å². The molecular weight excluding hydrogens is 208 g/mol. The van der Waals surface area contributed by atoms with E-state index in [1.807, 2.05) is 0 Å². The van der Waals surface area contributed by atoms with Crippen LogP contribution in [-0.4, -0.2) is 7.11 Å². The maximum Gasteiger partial charge on any atom is 0.122 e. The molecule has 0 aliphatic carbocycles. The lowest BCUT2D eigenvalue weighted by Gasteiger charge is -2.12. The molecule has 88 valence electrons. The summed E-state index contributed by atoms with van der Waals surface area (Å²) in [5, 5.41) is 0. The molecule has 0 spiro atoms. The lowest BCUT2D eigenvalue weighted by molar-refractivity contribution is 0.412. The Morgan fingerprint density at radius 2 is 1.65 bits per heavy atom. The van der Waals surface area contributed by atoms with Gasteiger partial charge in [-0.05, 0) is 49.1 Å². The third-order valence-corrected chi connectivity index (χ3v) is 3.07. The predicted molar refractivity (Wildman–Crippen MR) is 72.6 cm³/mol. The van der Waals surface area contributed by atoms with E-state index in [0.29, 0.717) is 0 Å². The van der Waals surface area contributed by atoms with Crippen molar-refractivity contribution in [3.63, 3.8) is 0 Å². The molecule has 0 aliphatic rings. The van der Waals surface area contributed by atoms with Gasteiger partial charge in [0, 0.05) is 0 Å². The third-order valence-electron chi connectivity index (χ3n) is 3.07. The zero-order valence-electron chi connectivity index (χ0n) is 10.9. The largest absolute Gasteiger partial charge is 0.496 e. The number of hydrogen-bond donors (Lipinski definition) is 0. The molecule has 1 nitrogen and oxygen atoms in total. The highest BCUT2D eigenvalue weighted by molar-refractivity contribution is 5.70. The second kappa shape index (κ2) is 4.62. The fourth-order valence-corrected chi connectivity index (χ4v) is 2.18. The average molecular weight is 226 g/mol. The molecule has 0 heterocycles. The highest BCUT2D eigenvalue weighted by atomic mass is 16.5. The van der Waals surface area contributed by atoms with Crippen molar-refractivity contribution in [2.24, 2.45) is 0 Å². The van der Waals surface area contributed by atoms with Crippen LogP contribution in [0.3, 0.4) is 0 Å². The lowest BCUT2D eigenvalue weighted by Crippen LogP contribution is -1.91. The summed E-state index contributed by atoms with van der Waals surface area (Å²) in [6.45, 7) is 6.33. The number of methoxy groups -OCH3 is 1. The molecule has 2 aromatic carbocycles. The van der Waals surface area contributed by atoms with Gasteiger partial charge in [-0.1, -0.05) is 35.9 Å². The van der Waals surface area contributed by atoms with Gasteiger partial charge in [0.05, 0.1) is 7.11 Å². The first-order valence-electron chi connectivity index (χ1n) is 5.84. The van der Waals surface area contributed by atoms with E-state index in [1.165, 1.54) is 27.8 Å². The molecule has 0 aliphatic heterocycles. The molecule has 17 heavy (non-hydrogen) atoms. The van der Waals surface area contributed by atoms with Crippen molar-refractivity contribution < 1.29 is 4.74 Å². The summed E-state index contributed by atoms with van der Waals surface area (Å²) < 4.78 is 5.39. The van der Waals surface area contributed by atoms with Crippen molar-refractivity contribution >= 4 is 0 Å². The van der Waals surface area contributed by atoms with Crippen molar-refractivity contribution in [2.75, 3.05) is 7.11 Å². The summed E-state index contributed by atoms with van der Waals surface area (Å²) in [5.74, 6) is 0.951. The molecule has 0 radical (unpaired) electrons. The van der Waals surface area contributed by atoms with Gasteiger partial charge in [0.15, 0.2) is 0 Å². The highest BCUT2D eigenvalue weighted by Crippen LogP contribution is 2.30. The van der Waals surface area contributed by atoms with Crippen LogP contribution in [0.4, 0.5) is 0 Å². The van der Waals surface area contributed by atoms with Crippen LogP contribution in [0.1, 0.15) is 16.7 Å². The van der Waals surface area contributed by atoms with E-state index in [1.54, 1.807) is 7.11 Å². The maximum absolute atomic E-state index is 5.39. The van der Waals surface area contributed by atoms with Gasteiger partial charge in [0.25, 0.3) is 0 Å². The molecule has 0 fully saturated rings. The zero-order chi connectivity index (χ0) is 12.4. The normalized spacial score (nSPS) is 10.4. The van der Waals surface area contributed by atoms with E-state index in [0.717, 1.165) is 5.75 Å². The number of aryl methyl sites for hydroxylation is 3. The summed E-state index contributed by atoms with van der Waals surface area (Å²) in [7, 11) is 1.72. The summed E-state index contributed by atoms with van der Waals surface area (Å²) >= 11 is 0. The average Bonchev–Trinajstić information content (AvgIpc) is 2.29. The number of benzene rings is 2. The van der Waals surface area contributed by atoms with Crippen molar-refractivity contribution in [1.29, 1.82) is 0 Å². The minimum atomic E-state index is 0.951. The molecule has 0 saturated heterocycles. The first-order chi connectivity index (χ1) is 8.11. The summed E-state index contributed by atoms with van der Waals surface area (Å²) in [6, 6.07) is 12.9. The summed E-state index contributed by atoms with van der Waals surface area (Å²) in [6.07, 6.45) is 0. The molecule has 0 amide bonds. The standard InChI is InChI=1S/C16H18O/c1-11-6-5-7-14(8-11)15-10-16(17-4)13(3)9-12(15)2/h5-10H,1-4H3. The molecular formula is C16H18O. The zero-order valence-corrected chi connectivity index (χ0v) is 10.9. The fraction of sp³-hybridized carbons (Fsp3) is 0.250. The van der Waals surface area contributed by atoms with Crippen molar-refractivity contribution in [2.45, 2.75) is 20.8 Å². The van der Waals surface area contributed by atoms with Gasteiger partial charge in [-0.25, -0.2) is 0 Å². The van der Waals surface area contributed by atoms with Crippen molar-refractivity contribution in [3.8, 4) is 16.9 Å². The van der Waals surface area contributed by atoms with Gasteiger partial charge < -0.3 is 4.74 Å². The van der Waals surface area contributed by atoms with E-state index in [4.69, 9.17) is 4.74 Å². The minimum absolute atomic E-state index is 0.951. The van der Waals surface area contributed by atoms with Gasteiger partial charge in [-0.2, -0.15) is 0 Å². The predicted octanol–water partition coefficient (Wildman–Crippen LogP) is 4.29. The van der Waals surface area contributed by atoms with Crippen LogP contribution in [0.25, 0.3) is 11.1 Å². The SMILES string of the molecule is COc1cc(-c2cccc(C)c2)c(C)cc1C. The Balaban J connectivity index is 2.59. The van der Waals surface area contributed by atoms with Gasteiger partial charge >= 0.3 is 0 Å². The monoisotopic (exact) mass is 226 g/mol. The highest BCUT2D eigenvalue weighted by Gasteiger charge is 2.06. The van der Waals surface area contributed by atoms with Crippen molar-refractivity contribution in [1.82, 2.24) is 0 Å². The Bertz CT molecular complexity index is 541. The number of hydrogen-bond acceptors (Lipinski definition) is 1. The quantitative estimate of drug-likeness (QED) is 0.742. The first kappa shape index (κ1) is 11.7. The Hall–Kier alpha value is -1.76. The van der Waals surface area contributed by atoms with Gasteiger partial charge in [0.1, 0.15) is 5.75 Å². The smallest absolute Gasteiger partial charge is 0.122 e. The van der Waals surface area contributed by atoms with E-state index in [-0.39, 0.29) is 0 Å². The molecule has 2 aromatic rings. The van der Waals surface area contributed by atoms with E-state index in [2.05, 4.69) is 57.2 Å². The Kier molecular flexibility index (Phi) is 3.19. The summed E-state index contributed by atoms with van der Waals surface area (Å²) in [4.78, 5) is 0. The van der Waals surface area contributed by atoms with Crippen LogP contribution in [-0.2, 0) is 0 Å². The Labute approximate surface area is 103 Å². The number of ether oxygens (including phenoxy) is 1. The minimum Gasteiger partial charge on any atom is -0.496 e. The lowest BCUT2D eigenvalue weighted by atomic mass is 9.97. The molecule has 0 unspecified atom stereocenters. The van der Waals surface area contributed by atoms with Crippen LogP contribution in [0.15, 0.2) is 36.4 Å². The van der Waals surface area contributed by atoms with E-state index < -0.39 is 0 Å². The van der Waals surface area contributed by atoms with Gasteiger partial charge in [-0.3, -0.25) is 0 Å². The Morgan fingerprint density at radius 3 is 2.29 bits per heavy atom. The fourth-order valence-electron chi connectivity index (χ4n) is 2.18. The summed E-state index contributed by atoms with van der Waals surface area (Å²) in [5.41, 5.74) is 6.24. The second-order valence-corrected chi connectivity index (χ2v) is 4.51. The topological polar surface area (TPSA) is 9.23 Å². The van der Waals surface area contributed by atoms with E-state index >= 15 is 0 Å². The van der Waals surface area contributed by atoms with E-state index in [9.17, 15) is 0 Å². The molecule has 0 atom stereocenters. The van der Waals surface area contributed by atoms with Gasteiger partial charge in [-0.15, -0.1) is 0 Å². The molecule has 0 bridgehead atoms. The van der Waals surface area contributed by atoms with Crippen LogP contribution in [0.2, 0.25) is 0 Å². The van der Waals surface area contributed by atoms with Crippen LogP contribution in [0, 0.1) is 20.8 Å². The van der Waals surface area contributed by atoms with Crippen LogP contribution < -0.4 is 4.74 Å².